The first-order chi connectivity index (χ1) is 9.36. The zero-order valence-electron chi connectivity index (χ0n) is 12.3. The van der Waals surface area contributed by atoms with Crippen LogP contribution >= 0.6 is 11.6 Å². The zero-order valence-corrected chi connectivity index (χ0v) is 13.0. The Morgan fingerprint density at radius 1 is 1.15 bits per heavy atom. The minimum atomic E-state index is 0.144. The second-order valence-corrected chi connectivity index (χ2v) is 6.24. The van der Waals surface area contributed by atoms with E-state index in [9.17, 15) is 0 Å². The van der Waals surface area contributed by atoms with Crippen LogP contribution in [0.4, 0.5) is 0 Å². The topological polar surface area (TPSA) is 35.0 Å². The number of halogens is 1. The van der Waals surface area contributed by atoms with E-state index in [2.05, 4.69) is 49.8 Å². The first kappa shape index (κ1) is 14.8. The zero-order chi connectivity index (χ0) is 14.8. The summed E-state index contributed by atoms with van der Waals surface area (Å²) in [6, 6.07) is 6.29. The number of hydrogen-bond donors (Lipinski definition) is 0. The second kappa shape index (κ2) is 5.80. The van der Waals surface area contributed by atoms with E-state index in [0.717, 1.165) is 17.0 Å². The van der Waals surface area contributed by atoms with Gasteiger partial charge in [0, 0.05) is 0 Å². The van der Waals surface area contributed by atoms with Gasteiger partial charge in [-0.15, -0.1) is 0 Å². The normalized spacial score (nSPS) is 11.4. The van der Waals surface area contributed by atoms with Crippen molar-refractivity contribution < 1.29 is 4.74 Å². The molecule has 0 bridgehead atoms. The predicted octanol–water partition coefficient (Wildman–Crippen LogP) is 4.31. The highest BCUT2D eigenvalue weighted by Gasteiger charge is 2.14. The van der Waals surface area contributed by atoms with Crippen molar-refractivity contribution in [3.05, 3.63) is 52.6 Å². The highest BCUT2D eigenvalue weighted by molar-refractivity contribution is 6.29. The van der Waals surface area contributed by atoms with Crippen LogP contribution in [0.1, 0.15) is 37.6 Å². The average Bonchev–Trinajstić information content (AvgIpc) is 2.38. The van der Waals surface area contributed by atoms with Gasteiger partial charge in [0.05, 0.1) is 18.1 Å². The lowest BCUT2D eigenvalue weighted by atomic mass is 9.86. The van der Waals surface area contributed by atoms with Crippen molar-refractivity contribution in [2.24, 2.45) is 0 Å². The number of aryl methyl sites for hydroxylation is 1. The molecule has 0 amide bonds. The molecule has 0 spiro atoms. The van der Waals surface area contributed by atoms with Gasteiger partial charge in [0.1, 0.15) is 17.5 Å². The lowest BCUT2D eigenvalue weighted by Gasteiger charge is -2.20. The van der Waals surface area contributed by atoms with Crippen LogP contribution in [-0.4, -0.2) is 9.97 Å². The monoisotopic (exact) mass is 290 g/mol. The Morgan fingerprint density at radius 3 is 2.45 bits per heavy atom. The first-order valence-corrected chi connectivity index (χ1v) is 6.94. The van der Waals surface area contributed by atoms with Gasteiger partial charge in [0.2, 0.25) is 0 Å². The molecule has 1 aromatic heterocycles. The van der Waals surface area contributed by atoms with Crippen LogP contribution in [0.25, 0.3) is 0 Å². The largest absolute Gasteiger partial charge is 0.487 e. The molecule has 0 aliphatic carbocycles. The highest BCUT2D eigenvalue weighted by atomic mass is 35.5. The number of nitrogens with zero attached hydrogens (tertiary/aromatic N) is 2. The second-order valence-electron chi connectivity index (χ2n) is 5.85. The molecule has 0 atom stereocenters. The number of rotatable bonds is 3. The molecule has 0 fully saturated rings. The number of hydrogen-bond acceptors (Lipinski definition) is 3. The van der Waals surface area contributed by atoms with Gasteiger partial charge in [0.15, 0.2) is 0 Å². The van der Waals surface area contributed by atoms with Crippen molar-refractivity contribution in [1.29, 1.82) is 0 Å². The van der Waals surface area contributed by atoms with Gasteiger partial charge in [0.25, 0.3) is 0 Å². The van der Waals surface area contributed by atoms with Gasteiger partial charge in [-0.25, -0.2) is 4.98 Å². The van der Waals surface area contributed by atoms with Gasteiger partial charge in [-0.3, -0.25) is 4.98 Å². The molecule has 0 aliphatic rings. The summed E-state index contributed by atoms with van der Waals surface area (Å²) in [5.74, 6) is 0.870. The quantitative estimate of drug-likeness (QED) is 0.844. The Balaban J connectivity index is 2.08. The molecule has 4 heteroatoms. The molecule has 2 aromatic rings. The van der Waals surface area contributed by atoms with Gasteiger partial charge in [-0.1, -0.05) is 44.5 Å². The predicted molar refractivity (Wildman–Crippen MR) is 81.3 cm³/mol. The molecule has 1 aromatic carbocycles. The van der Waals surface area contributed by atoms with Gasteiger partial charge in [-0.05, 0) is 29.5 Å². The number of ether oxygens (including phenoxy) is 1. The van der Waals surface area contributed by atoms with Crippen LogP contribution < -0.4 is 4.74 Å². The van der Waals surface area contributed by atoms with E-state index in [0.29, 0.717) is 11.8 Å². The third kappa shape index (κ3) is 3.70. The molecule has 2 rings (SSSR count). The third-order valence-electron chi connectivity index (χ3n) is 3.09. The van der Waals surface area contributed by atoms with E-state index in [1.807, 2.05) is 6.07 Å². The molecule has 0 N–H and O–H groups in total. The lowest BCUT2D eigenvalue weighted by Crippen LogP contribution is -2.11. The van der Waals surface area contributed by atoms with Crippen LogP contribution in [0, 0.1) is 6.92 Å². The average molecular weight is 291 g/mol. The molecule has 20 heavy (non-hydrogen) atoms. The van der Waals surface area contributed by atoms with E-state index >= 15 is 0 Å². The molecule has 106 valence electrons. The van der Waals surface area contributed by atoms with E-state index in [1.165, 1.54) is 11.8 Å². The summed E-state index contributed by atoms with van der Waals surface area (Å²) in [7, 11) is 0. The standard InChI is InChI=1S/C16H19ClN2O/c1-11-7-12(16(2,3)4)5-6-14(11)20-10-13-8-19-15(17)9-18-13/h5-9H,10H2,1-4H3. The Bertz CT molecular complexity index is 588. The molecule has 1 heterocycles. The Morgan fingerprint density at radius 2 is 1.90 bits per heavy atom. The first-order valence-electron chi connectivity index (χ1n) is 6.56. The third-order valence-corrected chi connectivity index (χ3v) is 3.29. The molecule has 0 unspecified atom stereocenters. The van der Waals surface area contributed by atoms with Crippen LogP contribution in [0.2, 0.25) is 5.15 Å². The van der Waals surface area contributed by atoms with Crippen molar-refractivity contribution in [1.82, 2.24) is 9.97 Å². The molecule has 0 aliphatic heterocycles. The van der Waals surface area contributed by atoms with Crippen molar-refractivity contribution in [3.8, 4) is 5.75 Å². The van der Waals surface area contributed by atoms with Crippen LogP contribution in [0.15, 0.2) is 30.6 Å². The summed E-state index contributed by atoms with van der Waals surface area (Å²) in [5.41, 5.74) is 3.33. The van der Waals surface area contributed by atoms with Crippen molar-refractivity contribution >= 4 is 11.6 Å². The summed E-state index contributed by atoms with van der Waals surface area (Å²) in [5, 5.41) is 0.388. The molecule has 0 saturated heterocycles. The summed E-state index contributed by atoms with van der Waals surface area (Å²) in [6.45, 7) is 9.04. The van der Waals surface area contributed by atoms with Crippen LogP contribution in [0.5, 0.6) is 5.75 Å². The van der Waals surface area contributed by atoms with E-state index < -0.39 is 0 Å². The molecular formula is C16H19ClN2O. The lowest BCUT2D eigenvalue weighted by molar-refractivity contribution is 0.298. The smallest absolute Gasteiger partial charge is 0.147 e. The number of benzene rings is 1. The SMILES string of the molecule is Cc1cc(C(C)(C)C)ccc1OCc1cnc(Cl)cn1. The van der Waals surface area contributed by atoms with Crippen molar-refractivity contribution in [2.75, 3.05) is 0 Å². The summed E-state index contributed by atoms with van der Waals surface area (Å²) in [4.78, 5) is 8.14. The minimum absolute atomic E-state index is 0.144. The fourth-order valence-corrected chi connectivity index (χ4v) is 1.94. The number of aromatic nitrogens is 2. The molecule has 0 saturated carbocycles. The summed E-state index contributed by atoms with van der Waals surface area (Å²) in [6.07, 6.45) is 3.15. The fourth-order valence-electron chi connectivity index (χ4n) is 1.84. The van der Waals surface area contributed by atoms with Crippen LogP contribution in [0.3, 0.4) is 0 Å². The Kier molecular flexibility index (Phi) is 4.29. The highest BCUT2D eigenvalue weighted by Crippen LogP contribution is 2.27. The summed E-state index contributed by atoms with van der Waals surface area (Å²) >= 11 is 5.70. The fraction of sp³-hybridized carbons (Fsp3) is 0.375. The van der Waals surface area contributed by atoms with E-state index in [-0.39, 0.29) is 5.41 Å². The Hall–Kier alpha value is -1.61. The van der Waals surface area contributed by atoms with E-state index in [1.54, 1.807) is 6.20 Å². The maximum atomic E-state index is 5.78. The van der Waals surface area contributed by atoms with Crippen LogP contribution in [-0.2, 0) is 12.0 Å². The molecular weight excluding hydrogens is 272 g/mol. The maximum Gasteiger partial charge on any atom is 0.147 e. The molecule has 0 radical (unpaired) electrons. The Labute approximate surface area is 125 Å². The van der Waals surface area contributed by atoms with Crippen molar-refractivity contribution in [3.63, 3.8) is 0 Å². The van der Waals surface area contributed by atoms with Crippen molar-refractivity contribution in [2.45, 2.75) is 39.7 Å². The maximum absolute atomic E-state index is 5.78. The minimum Gasteiger partial charge on any atom is -0.487 e. The summed E-state index contributed by atoms with van der Waals surface area (Å²) < 4.78 is 5.78. The molecule has 3 nitrogen and oxygen atoms in total. The van der Waals surface area contributed by atoms with Gasteiger partial charge in [-0.2, -0.15) is 0 Å². The van der Waals surface area contributed by atoms with E-state index in [4.69, 9.17) is 16.3 Å². The van der Waals surface area contributed by atoms with Gasteiger partial charge >= 0.3 is 0 Å². The van der Waals surface area contributed by atoms with Gasteiger partial charge < -0.3 is 4.74 Å².